The van der Waals surface area contributed by atoms with Gasteiger partial charge in [0, 0.05) is 24.5 Å². The average Bonchev–Trinajstić information content (AvgIpc) is 3.04. The van der Waals surface area contributed by atoms with Gasteiger partial charge in [0.1, 0.15) is 11.6 Å². The Hall–Kier alpha value is -3.08. The number of hydrogen-bond donors (Lipinski definition) is 1. The molecule has 0 saturated carbocycles. The number of methoxy groups -OCH3 is 1. The van der Waals surface area contributed by atoms with Crippen LogP contribution in [0.15, 0.2) is 60.8 Å². The van der Waals surface area contributed by atoms with Crippen LogP contribution >= 0.6 is 0 Å². The fourth-order valence-electron chi connectivity index (χ4n) is 3.67. The minimum atomic E-state index is 0.353. The van der Waals surface area contributed by atoms with Gasteiger partial charge in [-0.3, -0.25) is 0 Å². The SMILES string of the molecule is COc1ccccc1CCNc1ccnc(N2c3ccccc3CC2C)n1. The van der Waals surface area contributed by atoms with Crippen molar-refractivity contribution in [3.8, 4) is 5.75 Å². The zero-order chi connectivity index (χ0) is 18.6. The number of nitrogens with zero attached hydrogens (tertiary/aromatic N) is 3. The summed E-state index contributed by atoms with van der Waals surface area (Å²) < 4.78 is 5.42. The molecule has 2 aromatic carbocycles. The van der Waals surface area contributed by atoms with Crippen LogP contribution in [0, 0.1) is 0 Å². The molecular weight excluding hydrogens is 336 g/mol. The van der Waals surface area contributed by atoms with E-state index in [1.165, 1.54) is 16.8 Å². The standard InChI is InChI=1S/C22H24N4O/c1-16-15-18-8-3-5-9-19(18)26(16)22-24-14-12-21(25-22)23-13-11-17-7-4-6-10-20(17)27-2/h3-10,12,14,16H,11,13,15H2,1-2H3,(H,23,24,25). The van der Waals surface area contributed by atoms with E-state index in [9.17, 15) is 0 Å². The van der Waals surface area contributed by atoms with Gasteiger partial charge in [-0.05, 0) is 49.1 Å². The number of rotatable bonds is 6. The molecule has 0 saturated heterocycles. The van der Waals surface area contributed by atoms with Crippen LogP contribution in [-0.2, 0) is 12.8 Å². The molecule has 5 nitrogen and oxygen atoms in total. The first-order chi connectivity index (χ1) is 13.3. The molecule has 0 radical (unpaired) electrons. The molecule has 0 spiro atoms. The molecule has 3 aromatic rings. The molecule has 27 heavy (non-hydrogen) atoms. The lowest BCUT2D eigenvalue weighted by molar-refractivity contribution is 0.410. The highest BCUT2D eigenvalue weighted by Gasteiger charge is 2.28. The lowest BCUT2D eigenvalue weighted by Crippen LogP contribution is -2.26. The van der Waals surface area contributed by atoms with Crippen molar-refractivity contribution >= 4 is 17.5 Å². The maximum absolute atomic E-state index is 5.42. The minimum Gasteiger partial charge on any atom is -0.496 e. The summed E-state index contributed by atoms with van der Waals surface area (Å²) in [5, 5.41) is 3.41. The predicted octanol–water partition coefficient (Wildman–Crippen LogP) is 4.22. The van der Waals surface area contributed by atoms with Crippen LogP contribution in [0.25, 0.3) is 0 Å². The van der Waals surface area contributed by atoms with E-state index in [0.29, 0.717) is 6.04 Å². The highest BCUT2D eigenvalue weighted by Crippen LogP contribution is 2.36. The Balaban J connectivity index is 1.47. The molecule has 1 unspecified atom stereocenters. The average molecular weight is 360 g/mol. The molecule has 1 aliphatic rings. The quantitative estimate of drug-likeness (QED) is 0.713. The van der Waals surface area contributed by atoms with E-state index in [0.717, 1.165) is 36.9 Å². The number of hydrogen-bond acceptors (Lipinski definition) is 5. The van der Waals surface area contributed by atoms with Crippen LogP contribution in [0.4, 0.5) is 17.5 Å². The van der Waals surface area contributed by atoms with Crippen LogP contribution < -0.4 is 15.0 Å². The lowest BCUT2D eigenvalue weighted by atomic mass is 10.1. The highest BCUT2D eigenvalue weighted by molar-refractivity contribution is 5.67. The summed E-state index contributed by atoms with van der Waals surface area (Å²) >= 11 is 0. The summed E-state index contributed by atoms with van der Waals surface area (Å²) in [5.74, 6) is 2.51. The molecule has 0 bridgehead atoms. The molecule has 4 rings (SSSR count). The third-order valence-electron chi connectivity index (χ3n) is 4.96. The Morgan fingerprint density at radius 3 is 2.81 bits per heavy atom. The molecule has 1 aliphatic heterocycles. The summed E-state index contributed by atoms with van der Waals surface area (Å²) in [5.41, 5.74) is 3.74. The zero-order valence-electron chi connectivity index (χ0n) is 15.7. The van der Waals surface area contributed by atoms with Crippen molar-refractivity contribution < 1.29 is 4.74 Å². The molecule has 2 heterocycles. The Bertz CT molecular complexity index is 927. The van der Waals surface area contributed by atoms with Gasteiger partial charge in [-0.25, -0.2) is 4.98 Å². The monoisotopic (exact) mass is 360 g/mol. The van der Waals surface area contributed by atoms with Crippen molar-refractivity contribution in [2.45, 2.75) is 25.8 Å². The van der Waals surface area contributed by atoms with E-state index in [4.69, 9.17) is 9.72 Å². The summed E-state index contributed by atoms with van der Waals surface area (Å²) in [4.78, 5) is 11.5. The molecular formula is C22H24N4O. The molecule has 0 amide bonds. The lowest BCUT2D eigenvalue weighted by Gasteiger charge is -2.23. The van der Waals surface area contributed by atoms with Gasteiger partial charge in [-0.15, -0.1) is 0 Å². The van der Waals surface area contributed by atoms with Crippen LogP contribution in [0.1, 0.15) is 18.1 Å². The number of aromatic nitrogens is 2. The third-order valence-corrected chi connectivity index (χ3v) is 4.96. The Labute approximate surface area is 160 Å². The Morgan fingerprint density at radius 2 is 1.93 bits per heavy atom. The van der Waals surface area contributed by atoms with E-state index in [-0.39, 0.29) is 0 Å². The second-order valence-electron chi connectivity index (χ2n) is 6.78. The number of fused-ring (bicyclic) bond motifs is 1. The van der Waals surface area contributed by atoms with Gasteiger partial charge < -0.3 is 15.0 Å². The molecule has 1 atom stereocenters. The Morgan fingerprint density at radius 1 is 1.11 bits per heavy atom. The number of benzene rings is 2. The van der Waals surface area contributed by atoms with Crippen molar-refractivity contribution in [3.05, 3.63) is 71.9 Å². The van der Waals surface area contributed by atoms with Crippen molar-refractivity contribution in [1.82, 2.24) is 9.97 Å². The molecule has 138 valence electrons. The fourth-order valence-corrected chi connectivity index (χ4v) is 3.67. The molecule has 5 heteroatoms. The maximum Gasteiger partial charge on any atom is 0.232 e. The van der Waals surface area contributed by atoms with E-state index in [2.05, 4.69) is 52.5 Å². The normalized spacial score (nSPS) is 15.5. The second kappa shape index (κ2) is 7.66. The van der Waals surface area contributed by atoms with Gasteiger partial charge >= 0.3 is 0 Å². The van der Waals surface area contributed by atoms with E-state index < -0.39 is 0 Å². The predicted molar refractivity (Wildman–Crippen MR) is 109 cm³/mol. The summed E-state index contributed by atoms with van der Waals surface area (Å²) in [7, 11) is 1.71. The number of ether oxygens (including phenoxy) is 1. The van der Waals surface area contributed by atoms with E-state index >= 15 is 0 Å². The summed E-state index contributed by atoms with van der Waals surface area (Å²) in [6.07, 6.45) is 3.71. The van der Waals surface area contributed by atoms with Gasteiger partial charge in [0.05, 0.1) is 7.11 Å². The Kier molecular flexibility index (Phi) is 4.92. The largest absolute Gasteiger partial charge is 0.496 e. The van der Waals surface area contributed by atoms with Crippen molar-refractivity contribution in [2.75, 3.05) is 23.9 Å². The number of para-hydroxylation sites is 2. The molecule has 0 fully saturated rings. The molecule has 1 N–H and O–H groups in total. The topological polar surface area (TPSA) is 50.3 Å². The highest BCUT2D eigenvalue weighted by atomic mass is 16.5. The van der Waals surface area contributed by atoms with E-state index in [1.54, 1.807) is 7.11 Å². The second-order valence-corrected chi connectivity index (χ2v) is 6.78. The summed E-state index contributed by atoms with van der Waals surface area (Å²) in [6.45, 7) is 2.99. The van der Waals surface area contributed by atoms with Crippen LogP contribution in [0.2, 0.25) is 0 Å². The van der Waals surface area contributed by atoms with Crippen molar-refractivity contribution in [2.24, 2.45) is 0 Å². The van der Waals surface area contributed by atoms with E-state index in [1.807, 2.05) is 30.5 Å². The molecule has 0 aliphatic carbocycles. The first kappa shape index (κ1) is 17.3. The first-order valence-electron chi connectivity index (χ1n) is 9.32. The van der Waals surface area contributed by atoms with Crippen LogP contribution in [0.3, 0.4) is 0 Å². The van der Waals surface area contributed by atoms with Gasteiger partial charge in [0.15, 0.2) is 0 Å². The molecule has 1 aromatic heterocycles. The third kappa shape index (κ3) is 3.58. The van der Waals surface area contributed by atoms with Crippen LogP contribution in [-0.4, -0.2) is 29.7 Å². The van der Waals surface area contributed by atoms with Gasteiger partial charge in [-0.2, -0.15) is 4.98 Å². The van der Waals surface area contributed by atoms with Crippen molar-refractivity contribution in [3.63, 3.8) is 0 Å². The minimum absolute atomic E-state index is 0.353. The smallest absolute Gasteiger partial charge is 0.232 e. The van der Waals surface area contributed by atoms with Gasteiger partial charge in [0.2, 0.25) is 5.95 Å². The van der Waals surface area contributed by atoms with Gasteiger partial charge in [0.25, 0.3) is 0 Å². The zero-order valence-corrected chi connectivity index (χ0v) is 15.7. The fraction of sp³-hybridized carbons (Fsp3) is 0.273. The van der Waals surface area contributed by atoms with Gasteiger partial charge in [-0.1, -0.05) is 36.4 Å². The maximum atomic E-state index is 5.42. The van der Waals surface area contributed by atoms with Crippen LogP contribution in [0.5, 0.6) is 5.75 Å². The number of anilines is 3. The summed E-state index contributed by atoms with van der Waals surface area (Å²) in [6, 6.07) is 18.9. The first-order valence-corrected chi connectivity index (χ1v) is 9.32. The number of nitrogens with one attached hydrogen (secondary N) is 1. The van der Waals surface area contributed by atoms with Crippen molar-refractivity contribution in [1.29, 1.82) is 0 Å².